The fourth-order valence-corrected chi connectivity index (χ4v) is 2.20. The summed E-state index contributed by atoms with van der Waals surface area (Å²) >= 11 is 0. The van der Waals surface area contributed by atoms with Crippen LogP contribution in [0.3, 0.4) is 0 Å². The molecule has 3 aromatic rings. The minimum absolute atomic E-state index is 0.0303. The minimum atomic E-state index is -4.41. The maximum Gasteiger partial charge on any atom is 0.416 e. The molecule has 3 N–H and O–H groups in total. The highest BCUT2D eigenvalue weighted by Gasteiger charge is 2.30. The van der Waals surface area contributed by atoms with E-state index in [2.05, 4.69) is 10.3 Å². The lowest BCUT2D eigenvalue weighted by Crippen LogP contribution is -2.06. The zero-order valence-electron chi connectivity index (χ0n) is 11.4. The molecule has 0 fully saturated rings. The third-order valence-corrected chi connectivity index (χ3v) is 3.28. The Labute approximate surface area is 124 Å². The van der Waals surface area contributed by atoms with Crippen LogP contribution in [0.4, 0.5) is 30.2 Å². The molecule has 0 bridgehead atoms. The number of alkyl halides is 3. The van der Waals surface area contributed by atoms with Crippen LogP contribution in [0.15, 0.2) is 54.7 Å². The lowest BCUT2D eigenvalue weighted by Gasteiger charge is -2.13. The fraction of sp³-hybridized carbons (Fsp3) is 0.0625. The molecule has 0 atom stereocenters. The van der Waals surface area contributed by atoms with E-state index in [9.17, 15) is 13.2 Å². The molecule has 112 valence electrons. The van der Waals surface area contributed by atoms with Crippen LogP contribution < -0.4 is 11.1 Å². The van der Waals surface area contributed by atoms with Crippen LogP contribution in [0.2, 0.25) is 0 Å². The van der Waals surface area contributed by atoms with Gasteiger partial charge >= 0.3 is 6.18 Å². The Bertz CT molecular complexity index is 823. The third kappa shape index (κ3) is 2.67. The second-order valence-electron chi connectivity index (χ2n) is 4.81. The Morgan fingerprint density at radius 2 is 1.73 bits per heavy atom. The molecular formula is C16H12F3N3. The summed E-state index contributed by atoms with van der Waals surface area (Å²) < 4.78 is 37.9. The van der Waals surface area contributed by atoms with Gasteiger partial charge in [0.05, 0.1) is 28.1 Å². The first-order valence-electron chi connectivity index (χ1n) is 6.52. The van der Waals surface area contributed by atoms with Crippen LogP contribution in [-0.2, 0) is 6.18 Å². The highest BCUT2D eigenvalue weighted by Crippen LogP contribution is 2.34. The van der Waals surface area contributed by atoms with Gasteiger partial charge in [-0.05, 0) is 30.3 Å². The van der Waals surface area contributed by atoms with Crippen LogP contribution >= 0.6 is 0 Å². The van der Waals surface area contributed by atoms with Gasteiger partial charge < -0.3 is 11.1 Å². The topological polar surface area (TPSA) is 50.9 Å². The lowest BCUT2D eigenvalue weighted by atomic mass is 10.1. The summed E-state index contributed by atoms with van der Waals surface area (Å²) in [7, 11) is 0. The monoisotopic (exact) mass is 303 g/mol. The number of hydrogen-bond acceptors (Lipinski definition) is 3. The van der Waals surface area contributed by atoms with E-state index in [1.807, 2.05) is 24.3 Å². The molecule has 0 unspecified atom stereocenters. The molecule has 0 saturated carbocycles. The maximum absolute atomic E-state index is 12.6. The number of nitrogens with zero attached hydrogens (tertiary/aromatic N) is 1. The molecule has 0 aliphatic heterocycles. The predicted molar refractivity (Wildman–Crippen MR) is 80.9 cm³/mol. The van der Waals surface area contributed by atoms with E-state index >= 15 is 0 Å². The van der Waals surface area contributed by atoms with Crippen LogP contribution in [0.5, 0.6) is 0 Å². The van der Waals surface area contributed by atoms with Gasteiger partial charge in [0.1, 0.15) is 0 Å². The number of halogens is 3. The number of pyridine rings is 1. The third-order valence-electron chi connectivity index (χ3n) is 3.28. The molecule has 6 heteroatoms. The van der Waals surface area contributed by atoms with Crippen molar-refractivity contribution in [3.8, 4) is 0 Å². The second kappa shape index (κ2) is 5.22. The highest BCUT2D eigenvalue weighted by atomic mass is 19.4. The zero-order valence-corrected chi connectivity index (χ0v) is 11.4. The number of benzene rings is 2. The van der Waals surface area contributed by atoms with E-state index in [1.165, 1.54) is 6.07 Å². The largest absolute Gasteiger partial charge is 0.416 e. The molecule has 1 aromatic heterocycles. The molecule has 1 heterocycles. The first kappa shape index (κ1) is 14.2. The molecule has 22 heavy (non-hydrogen) atoms. The van der Waals surface area contributed by atoms with E-state index in [4.69, 9.17) is 5.73 Å². The molecule has 0 saturated heterocycles. The van der Waals surface area contributed by atoms with Crippen molar-refractivity contribution in [2.45, 2.75) is 6.18 Å². The number of nitrogen functional groups attached to an aromatic ring is 1. The molecule has 3 rings (SSSR count). The van der Waals surface area contributed by atoms with Crippen LogP contribution in [0, 0.1) is 0 Å². The Hall–Kier alpha value is -2.76. The van der Waals surface area contributed by atoms with Crippen molar-refractivity contribution in [2.75, 3.05) is 11.1 Å². The average molecular weight is 303 g/mol. The highest BCUT2D eigenvalue weighted by molar-refractivity contribution is 5.93. The summed E-state index contributed by atoms with van der Waals surface area (Å²) in [4.78, 5) is 4.28. The van der Waals surface area contributed by atoms with E-state index in [-0.39, 0.29) is 5.69 Å². The molecule has 0 spiro atoms. The van der Waals surface area contributed by atoms with E-state index < -0.39 is 11.7 Å². The van der Waals surface area contributed by atoms with E-state index in [1.54, 1.807) is 12.3 Å². The standard InChI is InChI=1S/C16H12F3N3/c17-16(18,19)11-6-7-13(12(20)9-11)22-14-5-1-3-10-4-2-8-21-15(10)14/h1-9,22H,20H2. The second-order valence-corrected chi connectivity index (χ2v) is 4.81. The van der Waals surface area contributed by atoms with Crippen molar-refractivity contribution < 1.29 is 13.2 Å². The predicted octanol–water partition coefficient (Wildman–Crippen LogP) is 4.58. The number of nitrogens with two attached hydrogens (primary N) is 1. The molecule has 0 aliphatic rings. The van der Waals surface area contributed by atoms with Gasteiger partial charge in [0.25, 0.3) is 0 Å². The van der Waals surface area contributed by atoms with Gasteiger partial charge in [-0.3, -0.25) is 4.98 Å². The molecule has 2 aromatic carbocycles. The summed E-state index contributed by atoms with van der Waals surface area (Å²) in [5.74, 6) is 0. The van der Waals surface area contributed by atoms with Crippen molar-refractivity contribution in [2.24, 2.45) is 0 Å². The quantitative estimate of drug-likeness (QED) is 0.681. The Balaban J connectivity index is 1.99. The molecule has 0 amide bonds. The van der Waals surface area contributed by atoms with Crippen molar-refractivity contribution in [3.05, 3.63) is 60.3 Å². The lowest BCUT2D eigenvalue weighted by molar-refractivity contribution is -0.137. The Morgan fingerprint density at radius 3 is 2.45 bits per heavy atom. The number of rotatable bonds is 2. The van der Waals surface area contributed by atoms with Crippen LogP contribution in [0.25, 0.3) is 10.9 Å². The normalized spacial score (nSPS) is 11.6. The van der Waals surface area contributed by atoms with E-state index in [0.717, 1.165) is 23.0 Å². The van der Waals surface area contributed by atoms with Gasteiger partial charge in [-0.25, -0.2) is 0 Å². The minimum Gasteiger partial charge on any atom is -0.397 e. The number of hydrogen-bond donors (Lipinski definition) is 2. The first-order chi connectivity index (χ1) is 10.4. The van der Waals surface area contributed by atoms with Gasteiger partial charge in [-0.2, -0.15) is 13.2 Å². The van der Waals surface area contributed by atoms with E-state index in [0.29, 0.717) is 11.4 Å². The Kier molecular flexibility index (Phi) is 3.36. The molecular weight excluding hydrogens is 291 g/mol. The number of para-hydroxylation sites is 1. The summed E-state index contributed by atoms with van der Waals surface area (Å²) in [5.41, 5.74) is 6.81. The summed E-state index contributed by atoms with van der Waals surface area (Å²) in [6.45, 7) is 0. The molecule has 0 radical (unpaired) electrons. The van der Waals surface area contributed by atoms with Crippen molar-refractivity contribution in [1.82, 2.24) is 4.98 Å². The number of fused-ring (bicyclic) bond motifs is 1. The number of aromatic nitrogens is 1. The van der Waals surface area contributed by atoms with Gasteiger partial charge in [0.15, 0.2) is 0 Å². The molecule has 0 aliphatic carbocycles. The Morgan fingerprint density at radius 1 is 0.955 bits per heavy atom. The van der Waals surface area contributed by atoms with Gasteiger partial charge in [-0.15, -0.1) is 0 Å². The number of anilines is 3. The number of nitrogens with one attached hydrogen (secondary N) is 1. The van der Waals surface area contributed by atoms with Gasteiger partial charge in [0.2, 0.25) is 0 Å². The van der Waals surface area contributed by atoms with Gasteiger partial charge in [-0.1, -0.05) is 18.2 Å². The van der Waals surface area contributed by atoms with Crippen molar-refractivity contribution in [3.63, 3.8) is 0 Å². The SMILES string of the molecule is Nc1cc(C(F)(F)F)ccc1Nc1cccc2cccnc12. The van der Waals surface area contributed by atoms with Crippen molar-refractivity contribution >= 4 is 28.0 Å². The summed E-state index contributed by atoms with van der Waals surface area (Å²) in [6.07, 6.45) is -2.75. The van der Waals surface area contributed by atoms with Gasteiger partial charge in [0, 0.05) is 11.6 Å². The average Bonchev–Trinajstić information content (AvgIpc) is 2.48. The van der Waals surface area contributed by atoms with Crippen LogP contribution in [0.1, 0.15) is 5.56 Å². The smallest absolute Gasteiger partial charge is 0.397 e. The summed E-state index contributed by atoms with van der Waals surface area (Å²) in [5, 5.41) is 3.97. The zero-order chi connectivity index (χ0) is 15.7. The first-order valence-corrected chi connectivity index (χ1v) is 6.52. The summed E-state index contributed by atoms with van der Waals surface area (Å²) in [6, 6.07) is 12.5. The van der Waals surface area contributed by atoms with Crippen molar-refractivity contribution in [1.29, 1.82) is 0 Å². The molecule has 3 nitrogen and oxygen atoms in total. The fourth-order valence-electron chi connectivity index (χ4n) is 2.20. The van der Waals surface area contributed by atoms with Crippen LogP contribution in [-0.4, -0.2) is 4.98 Å². The maximum atomic E-state index is 12.6.